The molecule has 3 heterocycles. The van der Waals surface area contributed by atoms with Crippen LogP contribution < -0.4 is 0 Å². The Labute approximate surface area is 132 Å². The van der Waals surface area contributed by atoms with E-state index in [9.17, 15) is 19.2 Å². The number of ketones is 1. The molecule has 2 atom stereocenters. The zero-order valence-electron chi connectivity index (χ0n) is 12.8. The van der Waals surface area contributed by atoms with E-state index in [1.54, 1.807) is 7.11 Å². The quantitative estimate of drug-likeness (QED) is 0.384. The highest BCUT2D eigenvalue weighted by Gasteiger charge is 2.23. The van der Waals surface area contributed by atoms with Crippen LogP contribution >= 0.6 is 0 Å². The second-order valence-electron chi connectivity index (χ2n) is 4.99. The standard InChI is InChI=1S/2C5H8O3.C4H4O3/c1-7-4-2-5(6)8-3-4;6-2-4-1-5(7)8-3-4;5-3-1-2-7-4(3)6/h4H,2-3H2,1H3;4,6H,1-3H2;1-2H2. The minimum absolute atomic E-state index is 0.00231. The highest BCUT2D eigenvalue weighted by Crippen LogP contribution is 2.11. The number of carbonyl (C=O) groups excluding carboxylic acids is 4. The van der Waals surface area contributed by atoms with Crippen LogP contribution in [0.4, 0.5) is 0 Å². The van der Waals surface area contributed by atoms with E-state index in [1.165, 1.54) is 0 Å². The normalized spacial score (nSPS) is 25.7. The number of carbonyl (C=O) groups is 4. The van der Waals surface area contributed by atoms with Crippen LogP contribution in [0, 0.1) is 5.92 Å². The predicted molar refractivity (Wildman–Crippen MR) is 73.1 cm³/mol. The molecule has 0 aromatic carbocycles. The van der Waals surface area contributed by atoms with E-state index >= 15 is 0 Å². The summed E-state index contributed by atoms with van der Waals surface area (Å²) in [6, 6.07) is 0. The van der Waals surface area contributed by atoms with Crippen LogP contribution in [-0.2, 0) is 38.1 Å². The van der Waals surface area contributed by atoms with E-state index in [1.807, 2.05) is 0 Å². The van der Waals surface area contributed by atoms with Crippen LogP contribution in [0.15, 0.2) is 0 Å². The first-order valence-electron chi connectivity index (χ1n) is 7.11. The summed E-state index contributed by atoms with van der Waals surface area (Å²) >= 11 is 0. The molecule has 3 saturated heterocycles. The van der Waals surface area contributed by atoms with Gasteiger partial charge in [-0.15, -0.1) is 0 Å². The third-order valence-corrected chi connectivity index (χ3v) is 3.14. The molecular weight excluding hydrogens is 312 g/mol. The van der Waals surface area contributed by atoms with Crippen molar-refractivity contribution in [1.29, 1.82) is 0 Å². The lowest BCUT2D eigenvalue weighted by atomic mass is 10.1. The van der Waals surface area contributed by atoms with Gasteiger partial charge in [-0.1, -0.05) is 0 Å². The van der Waals surface area contributed by atoms with Gasteiger partial charge in [0.15, 0.2) is 0 Å². The number of hydrogen-bond acceptors (Lipinski definition) is 9. The molecule has 0 spiro atoms. The molecule has 3 fully saturated rings. The molecule has 0 amide bonds. The summed E-state index contributed by atoms with van der Waals surface area (Å²) in [5, 5.41) is 8.45. The smallest absolute Gasteiger partial charge is 0.374 e. The van der Waals surface area contributed by atoms with Crippen LogP contribution in [-0.4, -0.2) is 68.4 Å². The maximum atomic E-state index is 10.3. The molecule has 9 nitrogen and oxygen atoms in total. The molecule has 0 aromatic heterocycles. The van der Waals surface area contributed by atoms with Gasteiger partial charge in [-0.25, -0.2) is 4.79 Å². The molecule has 1 N–H and O–H groups in total. The molecule has 23 heavy (non-hydrogen) atoms. The van der Waals surface area contributed by atoms with Gasteiger partial charge in [-0.05, 0) is 0 Å². The highest BCUT2D eigenvalue weighted by atomic mass is 16.6. The van der Waals surface area contributed by atoms with Crippen molar-refractivity contribution in [3.8, 4) is 0 Å². The van der Waals surface area contributed by atoms with Gasteiger partial charge in [0, 0.05) is 19.6 Å². The van der Waals surface area contributed by atoms with Gasteiger partial charge in [0.05, 0.1) is 32.5 Å². The summed E-state index contributed by atoms with van der Waals surface area (Å²) in [4.78, 5) is 40.7. The fraction of sp³-hybridized carbons (Fsp3) is 0.714. The lowest BCUT2D eigenvalue weighted by Gasteiger charge is -1.98. The zero-order valence-corrected chi connectivity index (χ0v) is 12.8. The number of Topliss-reactive ketones (excluding diaryl/α,β-unsaturated/α-hetero) is 1. The first-order valence-corrected chi connectivity index (χ1v) is 7.11. The van der Waals surface area contributed by atoms with E-state index in [-0.39, 0.29) is 43.6 Å². The molecule has 3 aliphatic rings. The summed E-state index contributed by atoms with van der Waals surface area (Å²) in [5.74, 6) is -1.37. The lowest BCUT2D eigenvalue weighted by molar-refractivity contribution is -0.146. The number of aliphatic hydroxyl groups is 1. The Morgan fingerprint density at radius 3 is 1.91 bits per heavy atom. The lowest BCUT2D eigenvalue weighted by Crippen LogP contribution is -2.08. The molecule has 3 aliphatic heterocycles. The van der Waals surface area contributed by atoms with Crippen molar-refractivity contribution in [1.82, 2.24) is 0 Å². The second-order valence-corrected chi connectivity index (χ2v) is 4.99. The molecule has 0 aromatic rings. The Bertz CT molecular complexity index is 406. The summed E-state index contributed by atoms with van der Waals surface area (Å²) in [6.07, 6.45) is 1.06. The first-order chi connectivity index (χ1) is 11.0. The fourth-order valence-corrected chi connectivity index (χ4v) is 1.74. The summed E-state index contributed by atoms with van der Waals surface area (Å²) in [6.45, 7) is 1.16. The third-order valence-electron chi connectivity index (χ3n) is 3.14. The van der Waals surface area contributed by atoms with Gasteiger partial charge >= 0.3 is 17.9 Å². The van der Waals surface area contributed by atoms with Crippen molar-refractivity contribution in [3.05, 3.63) is 0 Å². The van der Waals surface area contributed by atoms with Crippen LogP contribution in [0.1, 0.15) is 19.3 Å². The number of aliphatic hydroxyl groups excluding tert-OH is 1. The fourth-order valence-electron chi connectivity index (χ4n) is 1.74. The summed E-state index contributed by atoms with van der Waals surface area (Å²) in [7, 11) is 1.58. The summed E-state index contributed by atoms with van der Waals surface area (Å²) in [5.41, 5.74) is 0. The highest BCUT2D eigenvalue weighted by molar-refractivity contribution is 6.35. The second kappa shape index (κ2) is 9.90. The Hall–Kier alpha value is -2.00. The van der Waals surface area contributed by atoms with Crippen molar-refractivity contribution in [2.24, 2.45) is 5.92 Å². The van der Waals surface area contributed by atoms with Gasteiger partial charge in [0.2, 0.25) is 5.78 Å². The van der Waals surface area contributed by atoms with Crippen molar-refractivity contribution in [3.63, 3.8) is 0 Å². The third kappa shape index (κ3) is 7.20. The molecule has 2 unspecified atom stereocenters. The molecule has 3 rings (SSSR count). The van der Waals surface area contributed by atoms with E-state index in [0.29, 0.717) is 26.1 Å². The van der Waals surface area contributed by atoms with Crippen molar-refractivity contribution in [2.45, 2.75) is 25.4 Å². The van der Waals surface area contributed by atoms with Gasteiger partial charge in [0.1, 0.15) is 12.7 Å². The van der Waals surface area contributed by atoms with Crippen LogP contribution in [0.25, 0.3) is 0 Å². The van der Waals surface area contributed by atoms with Crippen molar-refractivity contribution in [2.75, 3.05) is 33.5 Å². The molecule has 0 radical (unpaired) electrons. The van der Waals surface area contributed by atoms with E-state index in [4.69, 9.17) is 9.84 Å². The van der Waals surface area contributed by atoms with Crippen molar-refractivity contribution < 1.29 is 43.2 Å². The minimum Gasteiger partial charge on any atom is -0.465 e. The predicted octanol–water partition coefficient (Wildman–Crippen LogP) is -1.01. The van der Waals surface area contributed by atoms with Gasteiger partial charge < -0.3 is 24.1 Å². The largest absolute Gasteiger partial charge is 0.465 e. The van der Waals surface area contributed by atoms with Crippen molar-refractivity contribution >= 4 is 23.7 Å². The molecule has 0 aliphatic carbocycles. The Morgan fingerprint density at radius 2 is 1.70 bits per heavy atom. The average molecular weight is 332 g/mol. The number of cyclic esters (lactones) is 3. The Balaban J connectivity index is 0.000000173. The maximum absolute atomic E-state index is 10.3. The Morgan fingerprint density at radius 1 is 1.04 bits per heavy atom. The number of esters is 3. The summed E-state index contributed by atoms with van der Waals surface area (Å²) < 4.78 is 18.3. The van der Waals surface area contributed by atoms with Gasteiger partial charge in [-0.2, -0.15) is 0 Å². The molecule has 0 saturated carbocycles. The Kier molecular flexibility index (Phi) is 8.20. The van der Waals surface area contributed by atoms with E-state index < -0.39 is 11.8 Å². The van der Waals surface area contributed by atoms with E-state index in [2.05, 4.69) is 14.2 Å². The average Bonchev–Trinajstić information content (AvgIpc) is 3.24. The van der Waals surface area contributed by atoms with Crippen LogP contribution in [0.3, 0.4) is 0 Å². The maximum Gasteiger partial charge on any atom is 0.374 e. The molecule has 0 bridgehead atoms. The van der Waals surface area contributed by atoms with Crippen LogP contribution in [0.2, 0.25) is 0 Å². The van der Waals surface area contributed by atoms with Crippen LogP contribution in [0.5, 0.6) is 0 Å². The number of rotatable bonds is 2. The molecular formula is C14H20O9. The molecule has 9 heteroatoms. The van der Waals surface area contributed by atoms with Gasteiger partial charge in [-0.3, -0.25) is 14.4 Å². The zero-order chi connectivity index (χ0) is 17.2. The first kappa shape index (κ1) is 19.0. The number of methoxy groups -OCH3 is 1. The molecule has 130 valence electrons. The monoisotopic (exact) mass is 332 g/mol. The number of ether oxygens (including phenoxy) is 4. The minimum atomic E-state index is -0.681. The SMILES string of the molecule is COC1COC(=O)C1.O=C1CC(CO)CO1.O=C1CCOC1=O. The number of hydrogen-bond donors (Lipinski definition) is 1. The van der Waals surface area contributed by atoms with Gasteiger partial charge in [0.25, 0.3) is 0 Å². The topological polar surface area (TPSA) is 125 Å². The van der Waals surface area contributed by atoms with E-state index in [0.717, 1.165) is 0 Å².